The van der Waals surface area contributed by atoms with E-state index < -0.39 is 10.0 Å². The van der Waals surface area contributed by atoms with E-state index in [1.807, 2.05) is 0 Å². The van der Waals surface area contributed by atoms with Crippen LogP contribution in [0, 0.1) is 5.92 Å². The van der Waals surface area contributed by atoms with Gasteiger partial charge < -0.3 is 10.2 Å². The van der Waals surface area contributed by atoms with Crippen molar-refractivity contribution in [3.63, 3.8) is 0 Å². The first-order valence-electron chi connectivity index (χ1n) is 10.1. The van der Waals surface area contributed by atoms with Gasteiger partial charge >= 0.3 is 0 Å². The molecule has 0 saturated carbocycles. The van der Waals surface area contributed by atoms with Crippen LogP contribution in [0.25, 0.3) is 0 Å². The van der Waals surface area contributed by atoms with E-state index in [1.54, 1.807) is 6.92 Å². The van der Waals surface area contributed by atoms with Gasteiger partial charge in [0.2, 0.25) is 15.9 Å². The Morgan fingerprint density at radius 2 is 1.78 bits per heavy atom. The van der Waals surface area contributed by atoms with Crippen LogP contribution >= 0.6 is 0 Å². The smallest absolute Gasteiger partial charge is 0.224 e. The molecule has 27 heavy (non-hydrogen) atoms. The van der Waals surface area contributed by atoms with Crippen LogP contribution in [0.2, 0.25) is 0 Å². The number of piperidine rings is 2. The highest BCUT2D eigenvalue weighted by Gasteiger charge is 2.31. The summed E-state index contributed by atoms with van der Waals surface area (Å²) in [6.07, 6.45) is 5.31. The van der Waals surface area contributed by atoms with Crippen LogP contribution in [0.4, 0.5) is 5.69 Å². The zero-order valence-corrected chi connectivity index (χ0v) is 17.0. The van der Waals surface area contributed by atoms with E-state index in [2.05, 4.69) is 34.5 Å². The lowest BCUT2D eigenvalue weighted by Crippen LogP contribution is -2.45. The molecule has 0 spiro atoms. The minimum absolute atomic E-state index is 0.0499. The van der Waals surface area contributed by atoms with Gasteiger partial charge in [0.05, 0.1) is 11.7 Å². The summed E-state index contributed by atoms with van der Waals surface area (Å²) in [5.41, 5.74) is 2.32. The van der Waals surface area contributed by atoms with Crippen LogP contribution in [-0.4, -0.2) is 50.6 Å². The molecule has 6 nitrogen and oxygen atoms in total. The van der Waals surface area contributed by atoms with Gasteiger partial charge in [0.25, 0.3) is 0 Å². The predicted molar refractivity (Wildman–Crippen MR) is 108 cm³/mol. The second kappa shape index (κ2) is 9.06. The molecule has 2 heterocycles. The van der Waals surface area contributed by atoms with Gasteiger partial charge in [-0.1, -0.05) is 12.1 Å². The van der Waals surface area contributed by atoms with Crippen molar-refractivity contribution in [3.8, 4) is 0 Å². The van der Waals surface area contributed by atoms with Crippen molar-refractivity contribution >= 4 is 21.6 Å². The van der Waals surface area contributed by atoms with E-state index >= 15 is 0 Å². The summed E-state index contributed by atoms with van der Waals surface area (Å²) in [6.45, 7) is 5.19. The second-order valence-corrected chi connectivity index (χ2v) is 9.79. The van der Waals surface area contributed by atoms with E-state index in [0.29, 0.717) is 19.6 Å². The molecule has 2 aliphatic heterocycles. The van der Waals surface area contributed by atoms with Crippen LogP contribution in [0.3, 0.4) is 0 Å². The summed E-state index contributed by atoms with van der Waals surface area (Å²) >= 11 is 0. The Hall–Kier alpha value is -1.60. The van der Waals surface area contributed by atoms with E-state index in [0.717, 1.165) is 31.5 Å². The third-order valence-electron chi connectivity index (χ3n) is 5.64. The van der Waals surface area contributed by atoms with Crippen molar-refractivity contribution in [1.29, 1.82) is 0 Å². The minimum atomic E-state index is -3.22. The Balaban J connectivity index is 1.51. The maximum atomic E-state index is 12.5. The normalized spacial score (nSPS) is 21.8. The Morgan fingerprint density at radius 1 is 1.07 bits per heavy atom. The van der Waals surface area contributed by atoms with Crippen LogP contribution < -0.4 is 10.2 Å². The lowest BCUT2D eigenvalue weighted by atomic mass is 9.98. The first-order valence-corrected chi connectivity index (χ1v) is 11.7. The van der Waals surface area contributed by atoms with Crippen molar-refractivity contribution in [3.05, 3.63) is 29.8 Å². The Morgan fingerprint density at radius 3 is 2.44 bits per heavy atom. The molecule has 0 aliphatic carbocycles. The molecule has 1 amide bonds. The molecular formula is C20H31N3O3S. The molecule has 0 bridgehead atoms. The number of sulfonamides is 1. The summed E-state index contributed by atoms with van der Waals surface area (Å²) in [7, 11) is -3.22. The van der Waals surface area contributed by atoms with Crippen molar-refractivity contribution in [1.82, 2.24) is 9.62 Å². The summed E-state index contributed by atoms with van der Waals surface area (Å²) in [6, 6.07) is 8.39. The number of carbonyl (C=O) groups excluding carboxylic acids is 1. The third kappa shape index (κ3) is 5.23. The zero-order valence-electron chi connectivity index (χ0n) is 16.2. The summed E-state index contributed by atoms with van der Waals surface area (Å²) in [5.74, 6) is -0.219. The Bertz CT molecular complexity index is 727. The van der Waals surface area contributed by atoms with Crippen molar-refractivity contribution in [2.24, 2.45) is 5.92 Å². The lowest BCUT2D eigenvalue weighted by molar-refractivity contribution is -0.126. The number of nitrogens with one attached hydrogen (secondary N) is 1. The summed E-state index contributed by atoms with van der Waals surface area (Å²) in [5, 5.41) is 2.98. The van der Waals surface area contributed by atoms with Crippen molar-refractivity contribution < 1.29 is 13.2 Å². The van der Waals surface area contributed by atoms with Gasteiger partial charge in [-0.15, -0.1) is 0 Å². The van der Waals surface area contributed by atoms with E-state index in [4.69, 9.17) is 0 Å². The van der Waals surface area contributed by atoms with Gasteiger partial charge in [0.1, 0.15) is 0 Å². The highest BCUT2D eigenvalue weighted by atomic mass is 32.2. The largest absolute Gasteiger partial charge is 0.372 e. The maximum Gasteiger partial charge on any atom is 0.224 e. The second-order valence-electron chi connectivity index (χ2n) is 7.53. The quantitative estimate of drug-likeness (QED) is 0.805. The molecule has 2 fully saturated rings. The molecule has 0 unspecified atom stereocenters. The average molecular weight is 394 g/mol. The molecule has 7 heteroatoms. The molecule has 150 valence electrons. The SMILES string of the molecule is CCS(=O)(=O)N1CCC[C@@H](C(=O)NCc2ccc(N3CCCCC3)cc2)C1. The van der Waals surface area contributed by atoms with E-state index in [-0.39, 0.29) is 17.6 Å². The molecule has 0 radical (unpaired) electrons. The number of carbonyl (C=O) groups is 1. The monoisotopic (exact) mass is 393 g/mol. The number of hydrogen-bond donors (Lipinski definition) is 1. The van der Waals surface area contributed by atoms with Crippen LogP contribution in [0.15, 0.2) is 24.3 Å². The third-order valence-corrected chi connectivity index (χ3v) is 7.49. The molecule has 1 aromatic carbocycles. The lowest BCUT2D eigenvalue weighted by Gasteiger charge is -2.31. The molecule has 1 atom stereocenters. The van der Waals surface area contributed by atoms with Gasteiger partial charge in [0, 0.05) is 38.4 Å². The Kier molecular flexibility index (Phi) is 6.76. The number of rotatable bonds is 6. The van der Waals surface area contributed by atoms with Crippen LogP contribution in [0.1, 0.15) is 44.6 Å². The fourth-order valence-electron chi connectivity index (χ4n) is 3.90. The van der Waals surface area contributed by atoms with E-state index in [1.165, 1.54) is 29.3 Å². The highest BCUT2D eigenvalue weighted by molar-refractivity contribution is 7.89. The van der Waals surface area contributed by atoms with Gasteiger partial charge in [-0.2, -0.15) is 0 Å². The van der Waals surface area contributed by atoms with Crippen molar-refractivity contribution in [2.75, 3.05) is 36.8 Å². The molecule has 1 aromatic rings. The first kappa shape index (κ1) is 20.1. The number of benzene rings is 1. The van der Waals surface area contributed by atoms with E-state index in [9.17, 15) is 13.2 Å². The molecule has 3 rings (SSSR count). The standard InChI is InChI=1S/C20H31N3O3S/c1-2-27(25,26)23-14-6-7-18(16-23)20(24)21-15-17-8-10-19(11-9-17)22-12-4-3-5-13-22/h8-11,18H,2-7,12-16H2,1H3,(H,21,24)/t18-/m1/s1. The minimum Gasteiger partial charge on any atom is -0.372 e. The van der Waals surface area contributed by atoms with Crippen LogP contribution in [-0.2, 0) is 21.4 Å². The van der Waals surface area contributed by atoms with Gasteiger partial charge in [0.15, 0.2) is 0 Å². The topological polar surface area (TPSA) is 69.7 Å². The van der Waals surface area contributed by atoms with Crippen molar-refractivity contribution in [2.45, 2.75) is 45.6 Å². The van der Waals surface area contributed by atoms with Crippen LogP contribution in [0.5, 0.6) is 0 Å². The van der Waals surface area contributed by atoms with Gasteiger partial charge in [-0.3, -0.25) is 4.79 Å². The van der Waals surface area contributed by atoms with Gasteiger partial charge in [-0.25, -0.2) is 12.7 Å². The fraction of sp³-hybridized carbons (Fsp3) is 0.650. The summed E-state index contributed by atoms with van der Waals surface area (Å²) < 4.78 is 25.6. The highest BCUT2D eigenvalue weighted by Crippen LogP contribution is 2.21. The average Bonchev–Trinajstić information content (AvgIpc) is 2.73. The maximum absolute atomic E-state index is 12.5. The molecule has 2 saturated heterocycles. The molecular weight excluding hydrogens is 362 g/mol. The molecule has 2 aliphatic rings. The Labute approximate surface area is 163 Å². The number of hydrogen-bond acceptors (Lipinski definition) is 4. The number of amides is 1. The fourth-order valence-corrected chi connectivity index (χ4v) is 5.08. The molecule has 0 aromatic heterocycles. The summed E-state index contributed by atoms with van der Waals surface area (Å²) in [4.78, 5) is 14.9. The predicted octanol–water partition coefficient (Wildman–Crippen LogP) is 2.35. The molecule has 1 N–H and O–H groups in total. The number of nitrogens with zero attached hydrogens (tertiary/aromatic N) is 2. The number of anilines is 1. The van der Waals surface area contributed by atoms with Gasteiger partial charge in [-0.05, 0) is 56.7 Å². The zero-order chi connectivity index (χ0) is 19.3. The first-order chi connectivity index (χ1) is 13.0.